The Morgan fingerprint density at radius 3 is 3.11 bits per heavy atom. The highest BCUT2D eigenvalue weighted by Gasteiger charge is 2.18. The molecule has 0 amide bonds. The number of pyridine rings is 1. The minimum absolute atomic E-state index is 0.498. The zero-order chi connectivity index (χ0) is 13.5. The number of hydrogen-bond acceptors (Lipinski definition) is 4. The van der Waals surface area contributed by atoms with Crippen molar-refractivity contribution in [3.05, 3.63) is 23.9 Å². The second-order valence-electron chi connectivity index (χ2n) is 5.09. The molecule has 1 fully saturated rings. The average Bonchev–Trinajstić information content (AvgIpc) is 2.96. The van der Waals surface area contributed by atoms with Crippen LogP contribution in [0.2, 0.25) is 0 Å². The topological polar surface area (TPSA) is 52.0 Å². The van der Waals surface area contributed by atoms with Crippen molar-refractivity contribution in [3.63, 3.8) is 0 Å². The summed E-state index contributed by atoms with van der Waals surface area (Å²) < 4.78 is 0. The fourth-order valence-corrected chi connectivity index (χ4v) is 2.49. The van der Waals surface area contributed by atoms with Crippen molar-refractivity contribution in [3.8, 4) is 6.07 Å². The molecule has 0 bridgehead atoms. The van der Waals surface area contributed by atoms with Gasteiger partial charge in [0.05, 0.1) is 0 Å². The van der Waals surface area contributed by atoms with Crippen molar-refractivity contribution in [2.45, 2.75) is 38.6 Å². The first-order valence-electron chi connectivity index (χ1n) is 7.19. The maximum atomic E-state index is 8.96. The third-order valence-corrected chi connectivity index (χ3v) is 3.56. The van der Waals surface area contributed by atoms with Crippen LogP contribution in [0, 0.1) is 11.3 Å². The largest absolute Gasteiger partial charge is 0.355 e. The molecule has 0 aromatic carbocycles. The molecule has 1 saturated heterocycles. The number of hydrogen-bond donors (Lipinski definition) is 1. The first kappa shape index (κ1) is 13.8. The minimum atomic E-state index is 0.498. The Bertz CT molecular complexity index is 432. The van der Waals surface area contributed by atoms with Crippen molar-refractivity contribution in [2.24, 2.45) is 0 Å². The molecule has 102 valence electrons. The molecule has 4 heteroatoms. The van der Waals surface area contributed by atoms with Crippen LogP contribution in [0.25, 0.3) is 0 Å². The van der Waals surface area contributed by atoms with E-state index in [1.54, 1.807) is 6.07 Å². The van der Waals surface area contributed by atoms with Crippen molar-refractivity contribution < 1.29 is 0 Å². The van der Waals surface area contributed by atoms with Gasteiger partial charge in [-0.3, -0.25) is 0 Å². The average molecular weight is 258 g/mol. The summed E-state index contributed by atoms with van der Waals surface area (Å²) >= 11 is 0. The van der Waals surface area contributed by atoms with E-state index >= 15 is 0 Å². The molecular weight excluding hydrogens is 236 g/mol. The van der Waals surface area contributed by atoms with Crippen LogP contribution in [0.1, 0.15) is 38.3 Å². The van der Waals surface area contributed by atoms with Crippen molar-refractivity contribution in [2.75, 3.05) is 24.5 Å². The lowest BCUT2D eigenvalue weighted by Crippen LogP contribution is -2.38. The van der Waals surface area contributed by atoms with Crippen LogP contribution in [0.15, 0.2) is 18.2 Å². The quantitative estimate of drug-likeness (QED) is 0.850. The molecule has 0 radical (unpaired) electrons. The van der Waals surface area contributed by atoms with Crippen LogP contribution in [-0.2, 0) is 0 Å². The monoisotopic (exact) mass is 258 g/mol. The smallest absolute Gasteiger partial charge is 0.142 e. The van der Waals surface area contributed by atoms with E-state index in [2.05, 4.69) is 28.2 Å². The van der Waals surface area contributed by atoms with Gasteiger partial charge >= 0.3 is 0 Å². The maximum Gasteiger partial charge on any atom is 0.142 e. The molecule has 1 aliphatic rings. The SMILES string of the molecule is CCCCN(CC1CCCN1)c1cccc(C#N)n1. The van der Waals surface area contributed by atoms with Gasteiger partial charge in [-0.25, -0.2) is 4.98 Å². The van der Waals surface area contributed by atoms with Crippen LogP contribution in [0.5, 0.6) is 0 Å². The summed E-state index contributed by atoms with van der Waals surface area (Å²) in [7, 11) is 0. The van der Waals surface area contributed by atoms with E-state index in [0.29, 0.717) is 11.7 Å². The lowest BCUT2D eigenvalue weighted by atomic mass is 10.2. The van der Waals surface area contributed by atoms with Gasteiger partial charge in [0.25, 0.3) is 0 Å². The minimum Gasteiger partial charge on any atom is -0.355 e. The summed E-state index contributed by atoms with van der Waals surface area (Å²) in [5.41, 5.74) is 0.498. The van der Waals surface area contributed by atoms with Crippen LogP contribution in [0.3, 0.4) is 0 Å². The van der Waals surface area contributed by atoms with Gasteiger partial charge in [-0.15, -0.1) is 0 Å². The lowest BCUT2D eigenvalue weighted by Gasteiger charge is -2.27. The van der Waals surface area contributed by atoms with Crippen molar-refractivity contribution in [1.82, 2.24) is 10.3 Å². The molecule has 0 saturated carbocycles. The summed E-state index contributed by atoms with van der Waals surface area (Å²) in [5.74, 6) is 0.932. The molecule has 2 rings (SSSR count). The van der Waals surface area contributed by atoms with E-state index in [4.69, 9.17) is 5.26 Å². The highest BCUT2D eigenvalue weighted by Crippen LogP contribution is 2.15. The molecule has 1 aromatic heterocycles. The van der Waals surface area contributed by atoms with E-state index in [0.717, 1.165) is 31.9 Å². The van der Waals surface area contributed by atoms with Gasteiger partial charge in [-0.2, -0.15) is 5.26 Å². The highest BCUT2D eigenvalue weighted by atomic mass is 15.2. The van der Waals surface area contributed by atoms with Crippen LogP contribution in [0.4, 0.5) is 5.82 Å². The fraction of sp³-hybridized carbons (Fsp3) is 0.600. The first-order valence-corrected chi connectivity index (χ1v) is 7.19. The lowest BCUT2D eigenvalue weighted by molar-refractivity contribution is 0.569. The summed E-state index contributed by atoms with van der Waals surface area (Å²) in [6.07, 6.45) is 4.83. The van der Waals surface area contributed by atoms with Crippen LogP contribution >= 0.6 is 0 Å². The number of nitrogens with one attached hydrogen (secondary N) is 1. The molecule has 1 aliphatic heterocycles. The number of aromatic nitrogens is 1. The van der Waals surface area contributed by atoms with E-state index in [9.17, 15) is 0 Å². The Morgan fingerprint density at radius 2 is 2.42 bits per heavy atom. The molecule has 0 aliphatic carbocycles. The predicted octanol–water partition coefficient (Wildman–Crippen LogP) is 2.31. The molecule has 4 nitrogen and oxygen atoms in total. The van der Waals surface area contributed by atoms with Gasteiger partial charge in [-0.05, 0) is 37.9 Å². The van der Waals surface area contributed by atoms with Gasteiger partial charge in [0, 0.05) is 19.1 Å². The van der Waals surface area contributed by atoms with Gasteiger partial charge in [0.2, 0.25) is 0 Å². The number of unbranched alkanes of at least 4 members (excludes halogenated alkanes) is 1. The zero-order valence-corrected chi connectivity index (χ0v) is 11.6. The van der Waals surface area contributed by atoms with Gasteiger partial charge in [-0.1, -0.05) is 19.4 Å². The fourth-order valence-electron chi connectivity index (χ4n) is 2.49. The van der Waals surface area contributed by atoms with Gasteiger partial charge in [0.15, 0.2) is 0 Å². The summed E-state index contributed by atoms with van der Waals surface area (Å²) in [6, 6.07) is 8.36. The number of nitriles is 1. The number of nitrogens with zero attached hydrogens (tertiary/aromatic N) is 3. The molecular formula is C15H22N4. The van der Waals surface area contributed by atoms with Crippen molar-refractivity contribution >= 4 is 5.82 Å². The summed E-state index contributed by atoms with van der Waals surface area (Å²) in [4.78, 5) is 6.74. The Hall–Kier alpha value is -1.60. The van der Waals surface area contributed by atoms with E-state index < -0.39 is 0 Å². The second-order valence-corrected chi connectivity index (χ2v) is 5.09. The second kappa shape index (κ2) is 7.10. The molecule has 1 atom stereocenters. The van der Waals surface area contributed by atoms with E-state index in [-0.39, 0.29) is 0 Å². The van der Waals surface area contributed by atoms with Gasteiger partial charge < -0.3 is 10.2 Å². The molecule has 2 heterocycles. The van der Waals surface area contributed by atoms with Crippen LogP contribution in [-0.4, -0.2) is 30.7 Å². The zero-order valence-electron chi connectivity index (χ0n) is 11.6. The van der Waals surface area contributed by atoms with E-state index in [1.165, 1.54) is 19.3 Å². The Morgan fingerprint density at radius 1 is 1.53 bits per heavy atom. The molecule has 1 aromatic rings. The molecule has 19 heavy (non-hydrogen) atoms. The predicted molar refractivity (Wildman–Crippen MR) is 77.1 cm³/mol. The Balaban J connectivity index is 2.08. The molecule has 1 N–H and O–H groups in total. The number of anilines is 1. The van der Waals surface area contributed by atoms with Crippen molar-refractivity contribution in [1.29, 1.82) is 5.26 Å². The Labute approximate surface area is 115 Å². The van der Waals surface area contributed by atoms with E-state index in [1.807, 2.05) is 12.1 Å². The molecule has 0 spiro atoms. The van der Waals surface area contributed by atoms with Crippen LogP contribution < -0.4 is 10.2 Å². The third-order valence-electron chi connectivity index (χ3n) is 3.56. The van der Waals surface area contributed by atoms with Gasteiger partial charge in [0.1, 0.15) is 17.6 Å². The summed E-state index contributed by atoms with van der Waals surface area (Å²) in [6.45, 7) is 5.32. The highest BCUT2D eigenvalue weighted by molar-refractivity contribution is 5.41. The third kappa shape index (κ3) is 3.93. The normalized spacial score (nSPS) is 18.2. The maximum absolute atomic E-state index is 8.96. The molecule has 1 unspecified atom stereocenters. The Kier molecular flexibility index (Phi) is 5.17. The number of rotatable bonds is 6. The first-order chi connectivity index (χ1) is 9.33. The standard InChI is InChI=1S/C15H22N4/c1-2-3-10-19(12-14-7-5-9-17-14)15-8-4-6-13(11-16)18-15/h4,6,8,14,17H,2-3,5,7,9-10,12H2,1H3. The summed E-state index contributed by atoms with van der Waals surface area (Å²) in [5, 5.41) is 12.5.